The molecule has 11 nitrogen and oxygen atoms in total. The molecule has 1 aliphatic rings. The lowest BCUT2D eigenvalue weighted by Crippen LogP contribution is -2.27. The van der Waals surface area contributed by atoms with Gasteiger partial charge in [0.05, 0.1) is 36.0 Å². The highest BCUT2D eigenvalue weighted by molar-refractivity contribution is 6.76. The molecular weight excluding hydrogens is 540 g/mol. The molecular formula is C26H31F2N7O4Si. The van der Waals surface area contributed by atoms with Gasteiger partial charge in [0.15, 0.2) is 5.65 Å². The van der Waals surface area contributed by atoms with Gasteiger partial charge in [-0.1, -0.05) is 19.6 Å². The molecule has 0 spiro atoms. The largest absolute Gasteiger partial charge is 0.487 e. The van der Waals surface area contributed by atoms with Gasteiger partial charge in [0.2, 0.25) is 0 Å². The number of amides is 1. The molecule has 1 amide bonds. The summed E-state index contributed by atoms with van der Waals surface area (Å²) in [5, 5.41) is 14.6. The molecule has 5 rings (SSSR count). The van der Waals surface area contributed by atoms with Crippen LogP contribution in [0.15, 0.2) is 43.0 Å². The predicted molar refractivity (Wildman–Crippen MR) is 148 cm³/mol. The first-order chi connectivity index (χ1) is 19.1. The Labute approximate surface area is 230 Å². The van der Waals surface area contributed by atoms with E-state index in [9.17, 15) is 13.6 Å². The lowest BCUT2D eigenvalue weighted by molar-refractivity contribution is -0.0495. The molecule has 1 unspecified atom stereocenters. The first-order valence-corrected chi connectivity index (χ1v) is 16.6. The molecule has 1 aromatic carbocycles. The van der Waals surface area contributed by atoms with Crippen molar-refractivity contribution in [2.24, 2.45) is 0 Å². The Morgan fingerprint density at radius 2 is 2.10 bits per heavy atom. The van der Waals surface area contributed by atoms with E-state index >= 15 is 0 Å². The van der Waals surface area contributed by atoms with Gasteiger partial charge in [0, 0.05) is 38.7 Å². The molecule has 212 valence electrons. The summed E-state index contributed by atoms with van der Waals surface area (Å²) in [5.41, 5.74) is 1.98. The van der Waals surface area contributed by atoms with Crippen LogP contribution in [0.5, 0.6) is 11.5 Å². The number of hydrogen-bond acceptors (Lipinski definition) is 8. The minimum Gasteiger partial charge on any atom is -0.487 e. The fourth-order valence-electron chi connectivity index (χ4n) is 4.25. The number of nitrogens with zero attached hydrogens (tertiary/aromatic N) is 5. The maximum absolute atomic E-state index is 13.5. The van der Waals surface area contributed by atoms with E-state index in [-0.39, 0.29) is 35.4 Å². The number of anilines is 2. The summed E-state index contributed by atoms with van der Waals surface area (Å²) in [5.74, 6) is -0.127. The van der Waals surface area contributed by atoms with Gasteiger partial charge in [-0.15, -0.1) is 0 Å². The molecule has 0 radical (unpaired) electrons. The standard InChI is InChI=1S/C26H31F2N7O4Si/c1-16-12-30-19-11-21(39-26(27)28)17(10-22(19)38-16)23-20(14-32-35(23)15-37-8-9-40(2,3)4)33-25(36)18-13-31-34-7-5-6-29-24(18)34/h5-7,10-11,13-14,16,26,30H,8-9,12,15H2,1-4H3,(H,33,36). The van der Waals surface area contributed by atoms with Crippen molar-refractivity contribution in [2.75, 3.05) is 23.8 Å². The molecule has 0 saturated carbocycles. The predicted octanol–water partition coefficient (Wildman–Crippen LogP) is 4.95. The van der Waals surface area contributed by atoms with Gasteiger partial charge in [-0.05, 0) is 25.1 Å². The van der Waals surface area contributed by atoms with Crippen LogP contribution in [-0.4, -0.2) is 64.2 Å². The summed E-state index contributed by atoms with van der Waals surface area (Å²) in [4.78, 5) is 17.6. The molecule has 0 fully saturated rings. The molecule has 1 atom stereocenters. The van der Waals surface area contributed by atoms with Crippen LogP contribution in [0.1, 0.15) is 17.3 Å². The monoisotopic (exact) mass is 571 g/mol. The molecule has 2 N–H and O–H groups in total. The van der Waals surface area contributed by atoms with Crippen LogP contribution in [0, 0.1) is 0 Å². The third-order valence-corrected chi connectivity index (χ3v) is 7.99. The van der Waals surface area contributed by atoms with E-state index in [2.05, 4.69) is 45.5 Å². The number of alkyl halides is 2. The van der Waals surface area contributed by atoms with Crippen molar-refractivity contribution in [2.45, 2.75) is 52.1 Å². The first kappa shape index (κ1) is 27.5. The Hall–Kier alpha value is -4.04. The molecule has 0 aliphatic carbocycles. The van der Waals surface area contributed by atoms with Crippen molar-refractivity contribution in [3.8, 4) is 22.8 Å². The smallest absolute Gasteiger partial charge is 0.387 e. The van der Waals surface area contributed by atoms with Crippen LogP contribution >= 0.6 is 0 Å². The van der Waals surface area contributed by atoms with E-state index in [4.69, 9.17) is 14.2 Å². The molecule has 0 saturated heterocycles. The van der Waals surface area contributed by atoms with E-state index in [0.717, 1.165) is 6.04 Å². The lowest BCUT2D eigenvalue weighted by Gasteiger charge is -2.26. The minimum absolute atomic E-state index is 0.0364. The number of aromatic nitrogens is 5. The van der Waals surface area contributed by atoms with E-state index < -0.39 is 20.6 Å². The van der Waals surface area contributed by atoms with Crippen LogP contribution in [0.4, 0.5) is 20.2 Å². The van der Waals surface area contributed by atoms with Gasteiger partial charge in [-0.3, -0.25) is 4.79 Å². The zero-order valence-corrected chi connectivity index (χ0v) is 23.6. The van der Waals surface area contributed by atoms with Gasteiger partial charge in [-0.25, -0.2) is 14.2 Å². The minimum atomic E-state index is -3.08. The maximum atomic E-state index is 13.5. The quantitative estimate of drug-likeness (QED) is 0.203. The second-order valence-corrected chi connectivity index (χ2v) is 16.3. The zero-order valence-electron chi connectivity index (χ0n) is 22.6. The fraction of sp³-hybridized carbons (Fsp3) is 0.385. The summed E-state index contributed by atoms with van der Waals surface area (Å²) >= 11 is 0. The average molecular weight is 572 g/mol. The van der Waals surface area contributed by atoms with Gasteiger partial charge in [0.1, 0.15) is 29.9 Å². The van der Waals surface area contributed by atoms with Crippen molar-refractivity contribution < 1.29 is 27.8 Å². The van der Waals surface area contributed by atoms with Crippen molar-refractivity contribution in [3.05, 3.63) is 48.5 Å². The molecule has 4 heterocycles. The topological polar surface area (TPSA) is 117 Å². The van der Waals surface area contributed by atoms with Gasteiger partial charge in [-0.2, -0.15) is 19.0 Å². The zero-order chi connectivity index (χ0) is 28.4. The molecule has 14 heteroatoms. The van der Waals surface area contributed by atoms with E-state index in [1.165, 1.54) is 27.7 Å². The number of rotatable bonds is 10. The van der Waals surface area contributed by atoms with Crippen LogP contribution in [-0.2, 0) is 11.5 Å². The van der Waals surface area contributed by atoms with Crippen LogP contribution in [0.2, 0.25) is 25.7 Å². The summed E-state index contributed by atoms with van der Waals surface area (Å²) < 4.78 is 46.9. The Bertz CT molecular complexity index is 1520. The number of ether oxygens (including phenoxy) is 3. The molecule has 1 aliphatic heterocycles. The SMILES string of the molecule is CC1CNc2cc(OC(F)F)c(-c3c(NC(=O)c4cnn5cccnc45)cnn3COCC[Si](C)(C)C)cc2O1. The second kappa shape index (κ2) is 11.2. The summed E-state index contributed by atoms with van der Waals surface area (Å²) in [6.07, 6.45) is 5.95. The molecule has 40 heavy (non-hydrogen) atoms. The Kier molecular flexibility index (Phi) is 7.71. The summed E-state index contributed by atoms with van der Waals surface area (Å²) in [7, 11) is -1.35. The number of carbonyl (C=O) groups is 1. The maximum Gasteiger partial charge on any atom is 0.387 e. The fourth-order valence-corrected chi connectivity index (χ4v) is 5.01. The highest BCUT2D eigenvalue weighted by Gasteiger charge is 2.26. The number of fused-ring (bicyclic) bond motifs is 2. The lowest BCUT2D eigenvalue weighted by atomic mass is 10.1. The highest BCUT2D eigenvalue weighted by atomic mass is 28.3. The summed E-state index contributed by atoms with van der Waals surface area (Å²) in [6, 6.07) is 5.71. The molecule has 4 aromatic rings. The Balaban J connectivity index is 1.55. The van der Waals surface area contributed by atoms with Crippen LogP contribution < -0.4 is 20.1 Å². The van der Waals surface area contributed by atoms with E-state index in [1.807, 2.05) is 6.92 Å². The molecule has 0 bridgehead atoms. The second-order valence-electron chi connectivity index (χ2n) is 10.7. The van der Waals surface area contributed by atoms with Crippen molar-refractivity contribution >= 4 is 31.0 Å². The van der Waals surface area contributed by atoms with Gasteiger partial charge < -0.3 is 24.8 Å². The van der Waals surface area contributed by atoms with E-state index in [0.29, 0.717) is 35.9 Å². The number of halogens is 2. The van der Waals surface area contributed by atoms with Crippen LogP contribution in [0.25, 0.3) is 16.9 Å². The third kappa shape index (κ3) is 6.07. The Morgan fingerprint density at radius 1 is 1.27 bits per heavy atom. The third-order valence-electron chi connectivity index (χ3n) is 6.28. The van der Waals surface area contributed by atoms with Gasteiger partial charge in [0.25, 0.3) is 5.91 Å². The van der Waals surface area contributed by atoms with Crippen molar-refractivity contribution in [3.63, 3.8) is 0 Å². The number of benzene rings is 1. The normalized spacial score (nSPS) is 15.0. The van der Waals surface area contributed by atoms with Gasteiger partial charge >= 0.3 is 6.61 Å². The average Bonchev–Trinajstić information content (AvgIpc) is 3.49. The van der Waals surface area contributed by atoms with Crippen molar-refractivity contribution in [1.82, 2.24) is 24.4 Å². The summed E-state index contributed by atoms with van der Waals surface area (Å²) in [6.45, 7) is 6.61. The number of hydrogen-bond donors (Lipinski definition) is 2. The number of carbonyl (C=O) groups excluding carboxylic acids is 1. The van der Waals surface area contributed by atoms with Crippen LogP contribution in [0.3, 0.4) is 0 Å². The first-order valence-electron chi connectivity index (χ1n) is 12.9. The number of nitrogens with one attached hydrogen (secondary N) is 2. The molecule has 3 aromatic heterocycles. The highest BCUT2D eigenvalue weighted by Crippen LogP contribution is 2.43. The Morgan fingerprint density at radius 3 is 2.88 bits per heavy atom. The van der Waals surface area contributed by atoms with E-state index in [1.54, 1.807) is 24.5 Å². The van der Waals surface area contributed by atoms with Crippen molar-refractivity contribution in [1.29, 1.82) is 0 Å².